The third-order valence-electron chi connectivity index (χ3n) is 4.11. The quantitative estimate of drug-likeness (QED) is 0.680. The van der Waals surface area contributed by atoms with Crippen molar-refractivity contribution in [2.75, 3.05) is 13.7 Å². The van der Waals surface area contributed by atoms with E-state index in [0.29, 0.717) is 31.0 Å². The molecule has 2 rings (SSSR count). The highest BCUT2D eigenvalue weighted by Crippen LogP contribution is 2.20. The summed E-state index contributed by atoms with van der Waals surface area (Å²) in [5.74, 6) is 0.726. The summed E-state index contributed by atoms with van der Waals surface area (Å²) in [6.07, 6.45) is 1.29. The molecule has 0 aliphatic carbocycles. The SMILES string of the molecule is COc1ccc(-c2noc(CCCC(=O)N(CCC(=O)O)C(C)C)n2)cc1. The van der Waals surface area contributed by atoms with Gasteiger partial charge >= 0.3 is 5.97 Å². The molecule has 2 aromatic rings. The predicted molar refractivity (Wildman–Crippen MR) is 98.3 cm³/mol. The van der Waals surface area contributed by atoms with E-state index in [1.54, 1.807) is 12.0 Å². The van der Waals surface area contributed by atoms with E-state index >= 15 is 0 Å². The number of ether oxygens (including phenoxy) is 1. The summed E-state index contributed by atoms with van der Waals surface area (Å²) in [6, 6.07) is 7.30. The highest BCUT2D eigenvalue weighted by Gasteiger charge is 2.18. The molecule has 1 aromatic heterocycles. The zero-order valence-electron chi connectivity index (χ0n) is 15.8. The van der Waals surface area contributed by atoms with E-state index in [1.807, 2.05) is 38.1 Å². The molecule has 1 amide bonds. The van der Waals surface area contributed by atoms with E-state index in [-0.39, 0.29) is 24.9 Å². The van der Waals surface area contributed by atoms with Gasteiger partial charge in [-0.2, -0.15) is 4.98 Å². The fourth-order valence-corrected chi connectivity index (χ4v) is 2.64. The van der Waals surface area contributed by atoms with Gasteiger partial charge in [-0.15, -0.1) is 0 Å². The Bertz CT molecular complexity index is 755. The number of benzene rings is 1. The maximum Gasteiger partial charge on any atom is 0.305 e. The Kier molecular flexibility index (Phi) is 7.34. The normalized spacial score (nSPS) is 10.8. The van der Waals surface area contributed by atoms with Crippen molar-refractivity contribution in [1.82, 2.24) is 15.0 Å². The minimum atomic E-state index is -0.912. The Hall–Kier alpha value is -2.90. The summed E-state index contributed by atoms with van der Waals surface area (Å²) in [5.41, 5.74) is 0.821. The number of rotatable bonds is 10. The van der Waals surface area contributed by atoms with Crippen LogP contribution < -0.4 is 4.74 Å². The van der Waals surface area contributed by atoms with Crippen LogP contribution in [0.4, 0.5) is 0 Å². The van der Waals surface area contributed by atoms with E-state index in [2.05, 4.69) is 10.1 Å². The first-order chi connectivity index (χ1) is 12.9. The minimum absolute atomic E-state index is 0.0399. The second-order valence-corrected chi connectivity index (χ2v) is 6.42. The van der Waals surface area contributed by atoms with E-state index in [4.69, 9.17) is 14.4 Å². The Morgan fingerprint density at radius 3 is 2.52 bits per heavy atom. The van der Waals surface area contributed by atoms with Gasteiger partial charge in [-0.1, -0.05) is 5.16 Å². The summed E-state index contributed by atoms with van der Waals surface area (Å²) in [4.78, 5) is 29.0. The summed E-state index contributed by atoms with van der Waals surface area (Å²) in [6.45, 7) is 3.96. The van der Waals surface area contributed by atoms with Gasteiger partial charge in [0.2, 0.25) is 17.6 Å². The lowest BCUT2D eigenvalue weighted by Gasteiger charge is -2.26. The molecule has 0 fully saturated rings. The van der Waals surface area contributed by atoms with Crippen LogP contribution in [0.15, 0.2) is 28.8 Å². The van der Waals surface area contributed by atoms with Crippen molar-refractivity contribution < 1.29 is 24.0 Å². The highest BCUT2D eigenvalue weighted by molar-refractivity contribution is 5.77. The molecule has 0 aliphatic heterocycles. The number of carbonyl (C=O) groups excluding carboxylic acids is 1. The van der Waals surface area contributed by atoms with Gasteiger partial charge in [-0.05, 0) is 44.5 Å². The molecule has 0 saturated heterocycles. The largest absolute Gasteiger partial charge is 0.497 e. The van der Waals surface area contributed by atoms with Crippen LogP contribution in [-0.4, -0.2) is 51.7 Å². The number of carbonyl (C=O) groups is 2. The summed E-state index contributed by atoms with van der Waals surface area (Å²) < 4.78 is 10.4. The smallest absolute Gasteiger partial charge is 0.305 e. The first-order valence-corrected chi connectivity index (χ1v) is 8.89. The van der Waals surface area contributed by atoms with Crippen molar-refractivity contribution in [3.63, 3.8) is 0 Å². The molecular weight excluding hydrogens is 350 g/mol. The van der Waals surface area contributed by atoms with E-state index in [0.717, 1.165) is 11.3 Å². The van der Waals surface area contributed by atoms with E-state index in [1.165, 1.54) is 0 Å². The second kappa shape index (κ2) is 9.70. The summed E-state index contributed by atoms with van der Waals surface area (Å²) in [7, 11) is 1.60. The van der Waals surface area contributed by atoms with Gasteiger partial charge in [0.15, 0.2) is 0 Å². The van der Waals surface area contributed by atoms with Gasteiger partial charge < -0.3 is 19.3 Å². The Balaban J connectivity index is 1.86. The van der Waals surface area contributed by atoms with Crippen molar-refractivity contribution in [2.45, 2.75) is 45.6 Å². The summed E-state index contributed by atoms with van der Waals surface area (Å²) >= 11 is 0. The lowest BCUT2D eigenvalue weighted by Crippen LogP contribution is -2.38. The van der Waals surface area contributed by atoms with Crippen LogP contribution in [0.3, 0.4) is 0 Å². The maximum atomic E-state index is 12.3. The van der Waals surface area contributed by atoms with Gasteiger partial charge in [0.1, 0.15) is 5.75 Å². The van der Waals surface area contributed by atoms with Crippen molar-refractivity contribution in [3.8, 4) is 17.1 Å². The average Bonchev–Trinajstić information content (AvgIpc) is 3.10. The molecule has 0 unspecified atom stereocenters. The molecule has 0 aliphatic rings. The molecule has 1 N–H and O–H groups in total. The first kappa shape index (κ1) is 20.4. The predicted octanol–water partition coefficient (Wildman–Crippen LogP) is 2.78. The van der Waals surface area contributed by atoms with Gasteiger partial charge in [0.05, 0.1) is 13.5 Å². The van der Waals surface area contributed by atoms with Crippen molar-refractivity contribution >= 4 is 11.9 Å². The molecule has 8 nitrogen and oxygen atoms in total. The number of hydrogen-bond acceptors (Lipinski definition) is 6. The molecule has 0 spiro atoms. The van der Waals surface area contributed by atoms with Crippen LogP contribution in [0.25, 0.3) is 11.4 Å². The molecule has 1 heterocycles. The molecule has 8 heteroatoms. The lowest BCUT2D eigenvalue weighted by molar-refractivity contribution is -0.139. The number of nitrogens with zero attached hydrogens (tertiary/aromatic N) is 3. The number of methoxy groups -OCH3 is 1. The van der Waals surface area contributed by atoms with E-state index < -0.39 is 5.97 Å². The fourth-order valence-electron chi connectivity index (χ4n) is 2.64. The standard InChI is InChI=1S/C19H25N3O5/c1-13(2)22(12-11-18(24)25)17(23)6-4-5-16-20-19(21-27-16)14-7-9-15(26-3)10-8-14/h7-10,13H,4-6,11-12H2,1-3H3,(H,24,25). The summed E-state index contributed by atoms with van der Waals surface area (Å²) in [5, 5.41) is 12.8. The number of carboxylic acid groups (broad SMARTS) is 1. The van der Waals surface area contributed by atoms with Crippen LogP contribution in [0.2, 0.25) is 0 Å². The number of aromatic nitrogens is 2. The average molecular weight is 375 g/mol. The number of aliphatic carboxylic acids is 1. The molecule has 1 aromatic carbocycles. The Morgan fingerprint density at radius 2 is 1.93 bits per heavy atom. The molecule has 0 atom stereocenters. The van der Waals surface area contributed by atoms with Gasteiger partial charge in [0, 0.05) is 31.0 Å². The van der Waals surface area contributed by atoms with Crippen LogP contribution >= 0.6 is 0 Å². The van der Waals surface area contributed by atoms with E-state index in [9.17, 15) is 9.59 Å². The first-order valence-electron chi connectivity index (χ1n) is 8.89. The monoisotopic (exact) mass is 375 g/mol. The molecule has 0 bridgehead atoms. The van der Waals surface area contributed by atoms with Crippen molar-refractivity contribution in [1.29, 1.82) is 0 Å². The van der Waals surface area contributed by atoms with Gasteiger partial charge in [0.25, 0.3) is 0 Å². The molecule has 146 valence electrons. The van der Waals surface area contributed by atoms with Crippen LogP contribution in [0.5, 0.6) is 5.75 Å². The number of amides is 1. The van der Waals surface area contributed by atoms with Crippen molar-refractivity contribution in [3.05, 3.63) is 30.2 Å². The third-order valence-corrected chi connectivity index (χ3v) is 4.11. The maximum absolute atomic E-state index is 12.3. The number of hydrogen-bond donors (Lipinski definition) is 1. The lowest BCUT2D eigenvalue weighted by atomic mass is 10.2. The topological polar surface area (TPSA) is 106 Å². The van der Waals surface area contributed by atoms with Crippen LogP contribution in [0.1, 0.15) is 39.0 Å². The Morgan fingerprint density at radius 1 is 1.22 bits per heavy atom. The number of aryl methyl sites for hydroxylation is 1. The van der Waals surface area contributed by atoms with Crippen molar-refractivity contribution in [2.24, 2.45) is 0 Å². The minimum Gasteiger partial charge on any atom is -0.497 e. The zero-order chi connectivity index (χ0) is 19.8. The van der Waals surface area contributed by atoms with Gasteiger partial charge in [-0.3, -0.25) is 9.59 Å². The zero-order valence-corrected chi connectivity index (χ0v) is 15.8. The Labute approximate surface area is 158 Å². The highest BCUT2D eigenvalue weighted by atomic mass is 16.5. The third kappa shape index (κ3) is 6.09. The second-order valence-electron chi connectivity index (χ2n) is 6.42. The van der Waals surface area contributed by atoms with Crippen LogP contribution in [0, 0.1) is 0 Å². The molecular formula is C19H25N3O5. The molecule has 27 heavy (non-hydrogen) atoms. The molecule has 0 saturated carbocycles. The fraction of sp³-hybridized carbons (Fsp3) is 0.474. The molecule has 0 radical (unpaired) electrons. The van der Waals surface area contributed by atoms with Crippen LogP contribution in [-0.2, 0) is 16.0 Å². The van der Waals surface area contributed by atoms with Gasteiger partial charge in [-0.25, -0.2) is 0 Å². The number of carboxylic acids is 1.